The molecule has 19 heavy (non-hydrogen) atoms. The predicted octanol–water partition coefficient (Wildman–Crippen LogP) is 2.17. The summed E-state index contributed by atoms with van der Waals surface area (Å²) in [7, 11) is 3.63. The van der Waals surface area contributed by atoms with Gasteiger partial charge in [-0.25, -0.2) is 5.43 Å². The Morgan fingerprint density at radius 1 is 1.68 bits per heavy atom. The number of hydrogen-bond acceptors (Lipinski definition) is 4. The first-order valence-electron chi connectivity index (χ1n) is 6.72. The lowest BCUT2D eigenvalue weighted by Gasteiger charge is -2.44. The van der Waals surface area contributed by atoms with Gasteiger partial charge in [0.2, 0.25) is 0 Å². The minimum absolute atomic E-state index is 0.153. The molecule has 1 aromatic rings. The Bertz CT molecular complexity index is 417. The Balaban J connectivity index is 2.39. The largest absolute Gasteiger partial charge is 0.376 e. The summed E-state index contributed by atoms with van der Waals surface area (Å²) >= 11 is 6.26. The predicted molar refractivity (Wildman–Crippen MR) is 75.7 cm³/mol. The molecule has 1 fully saturated rings. The second kappa shape index (κ2) is 5.79. The molecule has 0 radical (unpaired) electrons. The van der Waals surface area contributed by atoms with Crippen LogP contribution in [-0.2, 0) is 11.8 Å². The number of aromatic nitrogens is 2. The highest BCUT2D eigenvalue weighted by molar-refractivity contribution is 6.31. The summed E-state index contributed by atoms with van der Waals surface area (Å²) in [5.74, 6) is 6.43. The Kier molecular flexibility index (Phi) is 4.50. The summed E-state index contributed by atoms with van der Waals surface area (Å²) in [6.07, 6.45) is 5.98. The van der Waals surface area contributed by atoms with Crippen LogP contribution in [0.25, 0.3) is 0 Å². The van der Waals surface area contributed by atoms with Crippen molar-refractivity contribution in [1.82, 2.24) is 15.2 Å². The molecule has 108 valence electrons. The van der Waals surface area contributed by atoms with Crippen LogP contribution in [0.2, 0.25) is 5.02 Å². The molecule has 3 N–H and O–H groups in total. The molecule has 0 aliphatic heterocycles. The number of aryl methyl sites for hydroxylation is 1. The number of hydrogen-bond donors (Lipinski definition) is 2. The van der Waals surface area contributed by atoms with Gasteiger partial charge >= 0.3 is 0 Å². The van der Waals surface area contributed by atoms with Crippen molar-refractivity contribution >= 4 is 11.6 Å². The number of rotatable bonds is 4. The molecule has 3 atom stereocenters. The summed E-state index contributed by atoms with van der Waals surface area (Å²) in [4.78, 5) is 0. The van der Waals surface area contributed by atoms with Crippen molar-refractivity contribution in [3.63, 3.8) is 0 Å². The van der Waals surface area contributed by atoms with Crippen LogP contribution in [0.3, 0.4) is 0 Å². The van der Waals surface area contributed by atoms with Crippen molar-refractivity contribution in [2.24, 2.45) is 18.8 Å². The zero-order valence-corrected chi connectivity index (χ0v) is 12.6. The van der Waals surface area contributed by atoms with Crippen LogP contribution in [0.1, 0.15) is 44.3 Å². The first kappa shape index (κ1) is 14.8. The maximum absolute atomic E-state index is 6.26. The zero-order chi connectivity index (χ0) is 14.0. The third kappa shape index (κ3) is 2.65. The minimum Gasteiger partial charge on any atom is -0.376 e. The zero-order valence-electron chi connectivity index (χ0n) is 11.8. The van der Waals surface area contributed by atoms with Crippen LogP contribution < -0.4 is 11.3 Å². The van der Waals surface area contributed by atoms with Crippen molar-refractivity contribution in [3.05, 3.63) is 16.9 Å². The van der Waals surface area contributed by atoms with Crippen LogP contribution in [0.15, 0.2) is 6.20 Å². The van der Waals surface area contributed by atoms with Crippen molar-refractivity contribution in [3.8, 4) is 0 Å². The van der Waals surface area contributed by atoms with Crippen molar-refractivity contribution < 1.29 is 4.74 Å². The molecule has 6 heteroatoms. The van der Waals surface area contributed by atoms with Crippen molar-refractivity contribution in [2.75, 3.05) is 7.11 Å². The molecular weight excluding hydrogens is 264 g/mol. The van der Waals surface area contributed by atoms with E-state index >= 15 is 0 Å². The highest BCUT2D eigenvalue weighted by Gasteiger charge is 2.44. The number of methoxy groups -OCH3 is 1. The molecule has 1 aliphatic carbocycles. The summed E-state index contributed by atoms with van der Waals surface area (Å²) in [6, 6.07) is -0.153. The van der Waals surface area contributed by atoms with Gasteiger partial charge in [-0.05, 0) is 18.8 Å². The maximum atomic E-state index is 6.26. The molecule has 0 amide bonds. The number of ether oxygens (including phenoxy) is 1. The van der Waals surface area contributed by atoms with E-state index in [0.717, 1.165) is 25.0 Å². The van der Waals surface area contributed by atoms with Crippen LogP contribution >= 0.6 is 11.6 Å². The summed E-state index contributed by atoms with van der Waals surface area (Å²) < 4.78 is 7.66. The fraction of sp³-hybridized carbons (Fsp3) is 0.769. The molecule has 0 spiro atoms. The van der Waals surface area contributed by atoms with Gasteiger partial charge in [-0.1, -0.05) is 31.4 Å². The first-order valence-corrected chi connectivity index (χ1v) is 7.10. The van der Waals surface area contributed by atoms with E-state index in [1.54, 1.807) is 18.0 Å². The van der Waals surface area contributed by atoms with Gasteiger partial charge in [0.1, 0.15) is 0 Å². The number of nitrogens with zero attached hydrogens (tertiary/aromatic N) is 2. The average molecular weight is 287 g/mol. The topological polar surface area (TPSA) is 65.1 Å². The number of nitrogens with two attached hydrogens (primary N) is 1. The minimum atomic E-state index is -0.316. The van der Waals surface area contributed by atoms with E-state index in [1.807, 2.05) is 7.05 Å². The number of hydrazine groups is 1. The van der Waals surface area contributed by atoms with E-state index in [2.05, 4.69) is 17.4 Å². The Morgan fingerprint density at radius 2 is 2.42 bits per heavy atom. The monoisotopic (exact) mass is 286 g/mol. The van der Waals surface area contributed by atoms with Crippen LogP contribution in [0.5, 0.6) is 0 Å². The van der Waals surface area contributed by atoms with Gasteiger partial charge in [-0.15, -0.1) is 0 Å². The third-order valence-electron chi connectivity index (χ3n) is 4.30. The lowest BCUT2D eigenvalue weighted by molar-refractivity contribution is -0.0822. The summed E-state index contributed by atoms with van der Waals surface area (Å²) in [5, 5.41) is 4.82. The standard InChI is InChI=1S/C13H23ClN4O/c1-9-5-4-6-13(7-9,19-3)12(17-15)11-10(14)8-16-18(11)2/h8-9,12,17H,4-7,15H2,1-3H3. The Hall–Kier alpha value is -0.620. The molecule has 0 aromatic carbocycles. The molecule has 1 saturated carbocycles. The summed E-state index contributed by atoms with van der Waals surface area (Å²) in [5.41, 5.74) is 3.47. The highest BCUT2D eigenvalue weighted by atomic mass is 35.5. The van der Waals surface area contributed by atoms with Gasteiger partial charge in [0, 0.05) is 14.2 Å². The highest BCUT2D eigenvalue weighted by Crippen LogP contribution is 2.44. The second-order valence-corrected chi connectivity index (χ2v) is 5.98. The van der Waals surface area contributed by atoms with E-state index in [-0.39, 0.29) is 11.6 Å². The van der Waals surface area contributed by atoms with Crippen molar-refractivity contribution in [2.45, 2.75) is 44.2 Å². The van der Waals surface area contributed by atoms with Gasteiger partial charge < -0.3 is 4.74 Å². The maximum Gasteiger partial charge on any atom is 0.0933 e. The van der Waals surface area contributed by atoms with Gasteiger partial charge in [-0.2, -0.15) is 5.10 Å². The molecule has 1 aromatic heterocycles. The van der Waals surface area contributed by atoms with Gasteiger partial charge in [0.25, 0.3) is 0 Å². The van der Waals surface area contributed by atoms with E-state index in [0.29, 0.717) is 10.9 Å². The molecule has 0 bridgehead atoms. The van der Waals surface area contributed by atoms with Crippen LogP contribution in [0.4, 0.5) is 0 Å². The van der Waals surface area contributed by atoms with E-state index < -0.39 is 0 Å². The smallest absolute Gasteiger partial charge is 0.0933 e. The number of halogens is 1. The molecule has 1 heterocycles. The molecule has 5 nitrogen and oxygen atoms in total. The fourth-order valence-electron chi connectivity index (χ4n) is 3.33. The van der Waals surface area contributed by atoms with Crippen LogP contribution in [-0.4, -0.2) is 22.5 Å². The van der Waals surface area contributed by atoms with E-state index in [4.69, 9.17) is 22.2 Å². The number of nitrogens with one attached hydrogen (secondary N) is 1. The third-order valence-corrected chi connectivity index (χ3v) is 4.59. The van der Waals surface area contributed by atoms with Crippen molar-refractivity contribution in [1.29, 1.82) is 0 Å². The molecule has 0 saturated heterocycles. The quantitative estimate of drug-likeness (QED) is 0.658. The molecule has 2 rings (SSSR count). The normalized spacial score (nSPS) is 29.4. The van der Waals surface area contributed by atoms with Crippen LogP contribution in [0, 0.1) is 5.92 Å². The Morgan fingerprint density at radius 3 is 2.89 bits per heavy atom. The fourth-order valence-corrected chi connectivity index (χ4v) is 3.61. The second-order valence-electron chi connectivity index (χ2n) is 5.57. The lowest BCUT2D eigenvalue weighted by atomic mass is 9.74. The van der Waals surface area contributed by atoms with E-state index in [9.17, 15) is 0 Å². The van der Waals surface area contributed by atoms with Gasteiger partial charge in [0.15, 0.2) is 0 Å². The molecule has 3 unspecified atom stereocenters. The molecular formula is C13H23ClN4O. The van der Waals surface area contributed by atoms with E-state index in [1.165, 1.54) is 6.42 Å². The first-order chi connectivity index (χ1) is 9.04. The SMILES string of the molecule is COC1(C(NN)c2c(Cl)cnn2C)CCCC(C)C1. The lowest BCUT2D eigenvalue weighted by Crippen LogP contribution is -2.51. The molecule has 1 aliphatic rings. The summed E-state index contributed by atoms with van der Waals surface area (Å²) in [6.45, 7) is 2.26. The van der Waals surface area contributed by atoms with Gasteiger partial charge in [-0.3, -0.25) is 10.5 Å². The Labute approximate surface area is 119 Å². The van der Waals surface area contributed by atoms with Gasteiger partial charge in [0.05, 0.1) is 28.6 Å². The average Bonchev–Trinajstić information content (AvgIpc) is 2.72.